The lowest BCUT2D eigenvalue weighted by Crippen LogP contribution is -2.42. The van der Waals surface area contributed by atoms with Gasteiger partial charge in [0.1, 0.15) is 5.60 Å². The van der Waals surface area contributed by atoms with Gasteiger partial charge >= 0.3 is 12.1 Å². The van der Waals surface area contributed by atoms with E-state index in [0.29, 0.717) is 13.1 Å². The lowest BCUT2D eigenvalue weighted by atomic mass is 9.91. The molecular formula is C14H24ClNO4. The number of piperidine rings is 1. The van der Waals surface area contributed by atoms with Crippen molar-refractivity contribution in [1.29, 1.82) is 0 Å². The van der Waals surface area contributed by atoms with Crippen molar-refractivity contribution >= 4 is 24.5 Å². The SMILES string of the molecule is COC(=O)C1CC12CCN(C(=O)OC(C)(C)C)CC2.Cl. The molecule has 5 nitrogen and oxygen atoms in total. The molecule has 1 unspecified atom stereocenters. The lowest BCUT2D eigenvalue weighted by Gasteiger charge is -2.34. The van der Waals surface area contributed by atoms with E-state index in [1.165, 1.54) is 7.11 Å². The molecule has 116 valence electrons. The van der Waals surface area contributed by atoms with Crippen LogP contribution in [0.15, 0.2) is 0 Å². The smallest absolute Gasteiger partial charge is 0.410 e. The topological polar surface area (TPSA) is 55.8 Å². The molecule has 0 aromatic carbocycles. The number of methoxy groups -OCH3 is 1. The second kappa shape index (κ2) is 5.80. The molecule has 6 heteroatoms. The molecular weight excluding hydrogens is 282 g/mol. The van der Waals surface area contributed by atoms with E-state index in [2.05, 4.69) is 0 Å². The number of carbonyl (C=O) groups is 2. The molecule has 0 radical (unpaired) electrons. The Hall–Kier alpha value is -0.970. The third-order valence-electron chi connectivity index (χ3n) is 4.09. The Morgan fingerprint density at radius 3 is 2.20 bits per heavy atom. The Labute approximate surface area is 126 Å². The zero-order chi connectivity index (χ0) is 14.3. The highest BCUT2D eigenvalue weighted by molar-refractivity contribution is 5.85. The van der Waals surface area contributed by atoms with Crippen molar-refractivity contribution in [2.75, 3.05) is 20.2 Å². The number of halogens is 1. The van der Waals surface area contributed by atoms with Gasteiger partial charge in [-0.1, -0.05) is 0 Å². The predicted molar refractivity (Wildman–Crippen MR) is 76.8 cm³/mol. The molecule has 0 aromatic rings. The highest BCUT2D eigenvalue weighted by Gasteiger charge is 2.59. The second-order valence-corrected chi connectivity index (χ2v) is 6.61. The third-order valence-corrected chi connectivity index (χ3v) is 4.09. The summed E-state index contributed by atoms with van der Waals surface area (Å²) in [6.45, 7) is 6.93. The monoisotopic (exact) mass is 305 g/mol. The maximum absolute atomic E-state index is 11.9. The maximum Gasteiger partial charge on any atom is 0.410 e. The molecule has 20 heavy (non-hydrogen) atoms. The summed E-state index contributed by atoms with van der Waals surface area (Å²) < 4.78 is 10.2. The van der Waals surface area contributed by atoms with Gasteiger partial charge in [-0.15, -0.1) is 12.4 Å². The number of carbonyl (C=O) groups excluding carboxylic acids is 2. The van der Waals surface area contributed by atoms with E-state index in [-0.39, 0.29) is 35.8 Å². The van der Waals surface area contributed by atoms with E-state index in [1.54, 1.807) is 4.90 Å². The van der Waals surface area contributed by atoms with Crippen molar-refractivity contribution in [1.82, 2.24) is 4.90 Å². The summed E-state index contributed by atoms with van der Waals surface area (Å²) >= 11 is 0. The second-order valence-electron chi connectivity index (χ2n) is 6.61. The van der Waals surface area contributed by atoms with Gasteiger partial charge in [0.05, 0.1) is 13.0 Å². The van der Waals surface area contributed by atoms with E-state index in [4.69, 9.17) is 9.47 Å². The lowest BCUT2D eigenvalue weighted by molar-refractivity contribution is -0.143. The fraction of sp³-hybridized carbons (Fsp3) is 0.857. The van der Waals surface area contributed by atoms with Gasteiger partial charge in [0, 0.05) is 13.1 Å². The van der Waals surface area contributed by atoms with Crippen molar-refractivity contribution in [3.05, 3.63) is 0 Å². The quantitative estimate of drug-likeness (QED) is 0.699. The van der Waals surface area contributed by atoms with Crippen LogP contribution in [0.2, 0.25) is 0 Å². The highest BCUT2D eigenvalue weighted by Crippen LogP contribution is 2.59. The molecule has 1 saturated heterocycles. The number of amides is 1. The minimum Gasteiger partial charge on any atom is -0.469 e. The first kappa shape index (κ1) is 17.1. The van der Waals surface area contributed by atoms with Gasteiger partial charge in [-0.2, -0.15) is 0 Å². The van der Waals surface area contributed by atoms with Crippen LogP contribution in [0.3, 0.4) is 0 Å². The average Bonchev–Trinajstić information content (AvgIpc) is 3.01. The van der Waals surface area contributed by atoms with E-state index < -0.39 is 5.60 Å². The van der Waals surface area contributed by atoms with Crippen LogP contribution in [0.4, 0.5) is 4.79 Å². The highest BCUT2D eigenvalue weighted by atomic mass is 35.5. The standard InChI is InChI=1S/C14H23NO4.ClH/c1-13(2,3)19-12(17)15-7-5-14(6-8-15)9-10(14)11(16)18-4;/h10H,5-9H2,1-4H3;1H. The van der Waals surface area contributed by atoms with Crippen LogP contribution >= 0.6 is 12.4 Å². The summed E-state index contributed by atoms with van der Waals surface area (Å²) in [5.41, 5.74) is -0.369. The first-order valence-electron chi connectivity index (χ1n) is 6.83. The molecule has 1 saturated carbocycles. The normalized spacial score (nSPS) is 23.8. The Kier molecular flexibility index (Phi) is 4.95. The Bertz CT molecular complexity index is 383. The Balaban J connectivity index is 0.00000200. The van der Waals surface area contributed by atoms with Gasteiger partial charge in [0.25, 0.3) is 0 Å². The molecule has 2 fully saturated rings. The molecule has 2 aliphatic rings. The van der Waals surface area contributed by atoms with Gasteiger partial charge in [0.15, 0.2) is 0 Å². The third kappa shape index (κ3) is 3.57. The number of esters is 1. The van der Waals surface area contributed by atoms with E-state index in [0.717, 1.165) is 19.3 Å². The predicted octanol–water partition coefficient (Wildman–Crippen LogP) is 2.62. The van der Waals surface area contributed by atoms with Gasteiger partial charge in [0.2, 0.25) is 0 Å². The van der Waals surface area contributed by atoms with E-state index >= 15 is 0 Å². The van der Waals surface area contributed by atoms with E-state index in [9.17, 15) is 9.59 Å². The largest absolute Gasteiger partial charge is 0.469 e. The summed E-state index contributed by atoms with van der Waals surface area (Å²) in [7, 11) is 1.43. The van der Waals surface area contributed by atoms with Crippen molar-refractivity contribution < 1.29 is 19.1 Å². The van der Waals surface area contributed by atoms with Crippen LogP contribution in [-0.2, 0) is 14.3 Å². The van der Waals surface area contributed by atoms with Gasteiger partial charge < -0.3 is 14.4 Å². The van der Waals surface area contributed by atoms with Crippen molar-refractivity contribution in [3.63, 3.8) is 0 Å². The number of nitrogens with zero attached hydrogens (tertiary/aromatic N) is 1. The van der Waals surface area contributed by atoms with Gasteiger partial charge in [-0.05, 0) is 45.4 Å². The Morgan fingerprint density at radius 2 is 1.75 bits per heavy atom. The molecule has 1 aliphatic heterocycles. The Morgan fingerprint density at radius 1 is 1.20 bits per heavy atom. The molecule has 0 aromatic heterocycles. The van der Waals surface area contributed by atoms with Crippen molar-refractivity contribution in [2.24, 2.45) is 11.3 Å². The zero-order valence-electron chi connectivity index (χ0n) is 12.6. The van der Waals surface area contributed by atoms with Crippen molar-refractivity contribution in [3.8, 4) is 0 Å². The minimum atomic E-state index is -0.458. The zero-order valence-corrected chi connectivity index (χ0v) is 13.4. The fourth-order valence-corrected chi connectivity index (χ4v) is 2.84. The molecule has 1 atom stereocenters. The molecule has 0 bridgehead atoms. The van der Waals surface area contributed by atoms with Crippen LogP contribution < -0.4 is 0 Å². The first-order chi connectivity index (χ1) is 8.77. The average molecular weight is 306 g/mol. The number of hydrogen-bond acceptors (Lipinski definition) is 4. The molecule has 0 N–H and O–H groups in total. The van der Waals surface area contributed by atoms with Gasteiger partial charge in [-0.3, -0.25) is 4.79 Å². The number of likely N-dealkylation sites (tertiary alicyclic amines) is 1. The summed E-state index contributed by atoms with van der Waals surface area (Å²) in [6.07, 6.45) is 2.39. The maximum atomic E-state index is 11.9. The van der Waals surface area contributed by atoms with Crippen molar-refractivity contribution in [2.45, 2.75) is 45.6 Å². The summed E-state index contributed by atoms with van der Waals surface area (Å²) in [6, 6.07) is 0. The molecule has 1 heterocycles. The first-order valence-corrected chi connectivity index (χ1v) is 6.83. The number of rotatable bonds is 1. The fourth-order valence-electron chi connectivity index (χ4n) is 2.84. The minimum absolute atomic E-state index is 0. The molecule has 2 rings (SSSR count). The van der Waals surface area contributed by atoms with Crippen LogP contribution in [0, 0.1) is 11.3 Å². The molecule has 1 amide bonds. The summed E-state index contributed by atoms with van der Waals surface area (Å²) in [4.78, 5) is 25.2. The molecule has 1 aliphatic carbocycles. The van der Waals surface area contributed by atoms with E-state index in [1.807, 2.05) is 20.8 Å². The van der Waals surface area contributed by atoms with Crippen LogP contribution in [0.1, 0.15) is 40.0 Å². The number of ether oxygens (including phenoxy) is 2. The summed E-state index contributed by atoms with van der Waals surface area (Å²) in [5.74, 6) is -0.0657. The van der Waals surface area contributed by atoms with Gasteiger partial charge in [-0.25, -0.2) is 4.79 Å². The van der Waals surface area contributed by atoms with Crippen LogP contribution in [0.5, 0.6) is 0 Å². The summed E-state index contributed by atoms with van der Waals surface area (Å²) in [5, 5.41) is 0. The number of hydrogen-bond donors (Lipinski definition) is 0. The molecule has 1 spiro atoms. The van der Waals surface area contributed by atoms with Crippen LogP contribution in [-0.4, -0.2) is 42.8 Å². The van der Waals surface area contributed by atoms with Crippen LogP contribution in [0.25, 0.3) is 0 Å².